The van der Waals surface area contributed by atoms with E-state index in [9.17, 15) is 4.79 Å². The maximum atomic E-state index is 11.5. The molecule has 2 aromatic heterocycles. The molecule has 0 saturated carbocycles. The first-order chi connectivity index (χ1) is 7.16. The van der Waals surface area contributed by atoms with Crippen LogP contribution in [0.5, 0.6) is 0 Å². The minimum atomic E-state index is -0.412. The van der Waals surface area contributed by atoms with Gasteiger partial charge in [0.15, 0.2) is 5.69 Å². The Morgan fingerprint density at radius 3 is 2.93 bits per heavy atom. The van der Waals surface area contributed by atoms with Crippen LogP contribution in [0.15, 0.2) is 10.6 Å². The third-order valence-electron chi connectivity index (χ3n) is 1.71. The van der Waals surface area contributed by atoms with Crippen LogP contribution in [0.3, 0.4) is 0 Å². The highest BCUT2D eigenvalue weighted by molar-refractivity contribution is 6.01. The molecule has 0 spiro atoms. The van der Waals surface area contributed by atoms with Crippen LogP contribution in [0.25, 0.3) is 0 Å². The molecule has 0 aliphatic carbocycles. The summed E-state index contributed by atoms with van der Waals surface area (Å²) in [6, 6.07) is 1.53. The van der Waals surface area contributed by atoms with Crippen molar-refractivity contribution in [3.8, 4) is 0 Å². The Morgan fingerprint density at radius 2 is 2.40 bits per heavy atom. The molecule has 8 heteroatoms. The van der Waals surface area contributed by atoms with Crippen LogP contribution in [0, 0.1) is 6.92 Å². The quantitative estimate of drug-likeness (QED) is 0.731. The SMILES string of the molecule is Cc1cc(C(=O)Nc2nnnn2C)no1. The van der Waals surface area contributed by atoms with E-state index in [1.807, 2.05) is 0 Å². The molecule has 0 aromatic carbocycles. The van der Waals surface area contributed by atoms with E-state index in [4.69, 9.17) is 4.52 Å². The van der Waals surface area contributed by atoms with Gasteiger partial charge >= 0.3 is 0 Å². The van der Waals surface area contributed by atoms with Crippen LogP contribution in [0.4, 0.5) is 5.95 Å². The molecule has 0 saturated heterocycles. The van der Waals surface area contributed by atoms with Gasteiger partial charge in [-0.2, -0.15) is 0 Å². The van der Waals surface area contributed by atoms with Crippen molar-refractivity contribution < 1.29 is 9.32 Å². The second-order valence-electron chi connectivity index (χ2n) is 2.90. The molecule has 0 fully saturated rings. The lowest BCUT2D eigenvalue weighted by Gasteiger charge is -1.98. The van der Waals surface area contributed by atoms with Gasteiger partial charge in [-0.25, -0.2) is 4.68 Å². The molecule has 2 aromatic rings. The molecule has 0 atom stereocenters. The fraction of sp³-hybridized carbons (Fsp3) is 0.286. The maximum absolute atomic E-state index is 11.5. The third-order valence-corrected chi connectivity index (χ3v) is 1.71. The molecule has 2 rings (SSSR count). The summed E-state index contributed by atoms with van der Waals surface area (Å²) < 4.78 is 6.10. The first kappa shape index (κ1) is 9.31. The van der Waals surface area contributed by atoms with E-state index in [0.717, 1.165) is 0 Å². The molecule has 2 heterocycles. The van der Waals surface area contributed by atoms with Crippen LogP contribution < -0.4 is 5.32 Å². The minimum absolute atomic E-state index is 0.190. The van der Waals surface area contributed by atoms with Gasteiger partial charge < -0.3 is 4.52 Å². The number of amides is 1. The summed E-state index contributed by atoms with van der Waals surface area (Å²) in [4.78, 5) is 11.5. The lowest BCUT2D eigenvalue weighted by molar-refractivity contribution is 0.101. The van der Waals surface area contributed by atoms with Gasteiger partial charge in [-0.1, -0.05) is 10.3 Å². The Kier molecular flexibility index (Phi) is 2.16. The molecular weight excluding hydrogens is 200 g/mol. The number of nitrogens with zero attached hydrogens (tertiary/aromatic N) is 5. The van der Waals surface area contributed by atoms with Crippen molar-refractivity contribution in [2.24, 2.45) is 7.05 Å². The zero-order valence-corrected chi connectivity index (χ0v) is 8.13. The largest absolute Gasteiger partial charge is 0.361 e. The molecule has 0 bridgehead atoms. The summed E-state index contributed by atoms with van der Waals surface area (Å²) in [7, 11) is 1.61. The monoisotopic (exact) mass is 208 g/mol. The zero-order valence-electron chi connectivity index (χ0n) is 8.13. The predicted molar refractivity (Wildman–Crippen MR) is 48.0 cm³/mol. The maximum Gasteiger partial charge on any atom is 0.280 e. The smallest absolute Gasteiger partial charge is 0.280 e. The van der Waals surface area contributed by atoms with Crippen molar-refractivity contribution in [3.63, 3.8) is 0 Å². The third kappa shape index (κ3) is 1.82. The lowest BCUT2D eigenvalue weighted by Crippen LogP contribution is -2.15. The van der Waals surface area contributed by atoms with Gasteiger partial charge in [-0.3, -0.25) is 10.1 Å². The van der Waals surface area contributed by atoms with Crippen molar-refractivity contribution in [2.75, 3.05) is 5.32 Å². The van der Waals surface area contributed by atoms with Gasteiger partial charge in [-0.15, -0.1) is 0 Å². The van der Waals surface area contributed by atoms with Gasteiger partial charge in [0.2, 0.25) is 5.95 Å². The summed E-state index contributed by atoms with van der Waals surface area (Å²) in [5, 5.41) is 16.6. The van der Waals surface area contributed by atoms with Crippen LogP contribution in [0.2, 0.25) is 0 Å². The van der Waals surface area contributed by atoms with Gasteiger partial charge in [-0.05, 0) is 17.4 Å². The molecular formula is C7H8N6O2. The Labute approximate surface area is 84.2 Å². The number of aromatic nitrogens is 5. The van der Waals surface area contributed by atoms with E-state index in [1.165, 1.54) is 10.7 Å². The number of carbonyl (C=O) groups excluding carboxylic acids is 1. The number of rotatable bonds is 2. The van der Waals surface area contributed by atoms with Crippen LogP contribution in [-0.4, -0.2) is 31.3 Å². The first-order valence-electron chi connectivity index (χ1n) is 4.14. The summed E-state index contributed by atoms with van der Waals surface area (Å²) in [5.74, 6) is 0.404. The van der Waals surface area contributed by atoms with Gasteiger partial charge in [0.25, 0.3) is 5.91 Å². The van der Waals surface area contributed by atoms with Crippen LogP contribution in [0.1, 0.15) is 16.2 Å². The minimum Gasteiger partial charge on any atom is -0.361 e. The van der Waals surface area contributed by atoms with Gasteiger partial charge in [0.1, 0.15) is 5.76 Å². The van der Waals surface area contributed by atoms with E-state index in [-0.39, 0.29) is 11.6 Å². The van der Waals surface area contributed by atoms with Crippen molar-refractivity contribution in [3.05, 3.63) is 17.5 Å². The summed E-state index contributed by atoms with van der Waals surface area (Å²) in [5.41, 5.74) is 0.190. The van der Waals surface area contributed by atoms with Crippen LogP contribution in [-0.2, 0) is 7.05 Å². The normalized spacial score (nSPS) is 10.3. The Hall–Kier alpha value is -2.25. The number of hydrogen-bond acceptors (Lipinski definition) is 6. The number of tetrazole rings is 1. The fourth-order valence-electron chi connectivity index (χ4n) is 0.974. The number of nitrogens with one attached hydrogen (secondary N) is 1. The molecule has 15 heavy (non-hydrogen) atoms. The Balaban J connectivity index is 2.14. The van der Waals surface area contributed by atoms with Gasteiger partial charge in [0.05, 0.1) is 0 Å². The molecule has 8 nitrogen and oxygen atoms in total. The standard InChI is InChI=1S/C7H8N6O2/c1-4-3-5(10-15-4)6(14)8-7-9-11-12-13(7)2/h3H,1-2H3,(H,8,9,12,14). The molecule has 0 aliphatic heterocycles. The highest BCUT2D eigenvalue weighted by atomic mass is 16.5. The molecule has 78 valence electrons. The topological polar surface area (TPSA) is 98.7 Å². The predicted octanol–water partition coefficient (Wildman–Crippen LogP) is -0.241. The van der Waals surface area contributed by atoms with Crippen molar-refractivity contribution in [1.29, 1.82) is 0 Å². The highest BCUT2D eigenvalue weighted by Gasteiger charge is 2.13. The van der Waals surface area contributed by atoms with Crippen molar-refractivity contribution in [1.82, 2.24) is 25.4 Å². The number of carbonyl (C=O) groups is 1. The van der Waals surface area contributed by atoms with E-state index in [1.54, 1.807) is 14.0 Å². The Bertz CT molecular complexity index is 487. The number of anilines is 1. The van der Waals surface area contributed by atoms with Crippen LogP contribution >= 0.6 is 0 Å². The van der Waals surface area contributed by atoms with Crippen molar-refractivity contribution in [2.45, 2.75) is 6.92 Å². The zero-order chi connectivity index (χ0) is 10.8. The second kappa shape index (κ2) is 3.48. The molecule has 0 unspecified atom stereocenters. The van der Waals surface area contributed by atoms with E-state index in [0.29, 0.717) is 5.76 Å². The summed E-state index contributed by atoms with van der Waals surface area (Å²) in [6.07, 6.45) is 0. The summed E-state index contributed by atoms with van der Waals surface area (Å²) >= 11 is 0. The number of aryl methyl sites for hydroxylation is 2. The van der Waals surface area contributed by atoms with Crippen molar-refractivity contribution >= 4 is 11.9 Å². The van der Waals surface area contributed by atoms with E-state index in [2.05, 4.69) is 26.0 Å². The second-order valence-corrected chi connectivity index (χ2v) is 2.90. The average molecular weight is 208 g/mol. The highest BCUT2D eigenvalue weighted by Crippen LogP contribution is 2.04. The average Bonchev–Trinajstić information content (AvgIpc) is 2.77. The van der Waals surface area contributed by atoms with E-state index >= 15 is 0 Å². The van der Waals surface area contributed by atoms with Gasteiger partial charge in [0, 0.05) is 13.1 Å². The molecule has 0 radical (unpaired) electrons. The first-order valence-corrected chi connectivity index (χ1v) is 4.14. The number of hydrogen-bond donors (Lipinski definition) is 1. The lowest BCUT2D eigenvalue weighted by atomic mass is 10.3. The molecule has 1 N–H and O–H groups in total. The molecule has 0 aliphatic rings. The fourth-order valence-corrected chi connectivity index (χ4v) is 0.974. The summed E-state index contributed by atoms with van der Waals surface area (Å²) in [6.45, 7) is 1.70. The Morgan fingerprint density at radius 1 is 1.60 bits per heavy atom. The molecule has 1 amide bonds. The van der Waals surface area contributed by atoms with E-state index < -0.39 is 5.91 Å².